The van der Waals surface area contributed by atoms with E-state index in [2.05, 4.69) is 22.6 Å². The molecule has 0 aromatic heterocycles. The van der Waals surface area contributed by atoms with Crippen molar-refractivity contribution in [3.63, 3.8) is 0 Å². The Morgan fingerprint density at radius 3 is 2.33 bits per heavy atom. The third-order valence-corrected chi connectivity index (χ3v) is 3.63. The summed E-state index contributed by atoms with van der Waals surface area (Å²) < 4.78 is 1.07. The van der Waals surface area contributed by atoms with E-state index >= 15 is 0 Å². The van der Waals surface area contributed by atoms with E-state index < -0.39 is 0 Å². The van der Waals surface area contributed by atoms with Gasteiger partial charge < -0.3 is 0 Å². The van der Waals surface area contributed by atoms with Crippen LogP contribution in [0, 0.1) is 10.5 Å². The van der Waals surface area contributed by atoms with Gasteiger partial charge in [0.1, 0.15) is 0 Å². The molecule has 1 aliphatic heterocycles. The lowest BCUT2D eigenvalue weighted by Crippen LogP contribution is -2.28. The van der Waals surface area contributed by atoms with E-state index in [1.807, 2.05) is 25.1 Å². The van der Waals surface area contributed by atoms with Gasteiger partial charge in [-0.3, -0.25) is 14.5 Å². The fourth-order valence-corrected chi connectivity index (χ4v) is 2.08. The number of carbonyl (C=O) groups excluding carboxylic acids is 2. The molecule has 2 amide bonds. The highest BCUT2D eigenvalue weighted by atomic mass is 127. The zero-order valence-electron chi connectivity index (χ0n) is 8.29. The number of rotatable bonds is 1. The van der Waals surface area contributed by atoms with E-state index in [1.165, 1.54) is 4.90 Å². The second kappa shape index (κ2) is 3.92. The predicted octanol–water partition coefficient (Wildman–Crippen LogP) is 2.25. The molecule has 78 valence electrons. The molecule has 0 bridgehead atoms. The number of imide groups is 1. The Balaban J connectivity index is 2.41. The van der Waals surface area contributed by atoms with E-state index in [0.29, 0.717) is 18.5 Å². The highest BCUT2D eigenvalue weighted by molar-refractivity contribution is 14.1. The Morgan fingerprint density at radius 2 is 1.80 bits per heavy atom. The maximum atomic E-state index is 11.5. The SMILES string of the molecule is Cc1ccc(N2C(=O)CCC2=O)cc1I. The molecule has 4 heteroatoms. The number of carbonyl (C=O) groups is 2. The number of hydrogen-bond acceptors (Lipinski definition) is 2. The van der Waals surface area contributed by atoms with Gasteiger partial charge in [0.2, 0.25) is 11.8 Å². The van der Waals surface area contributed by atoms with Gasteiger partial charge in [0.05, 0.1) is 5.69 Å². The normalized spacial score (nSPS) is 16.3. The molecule has 15 heavy (non-hydrogen) atoms. The van der Waals surface area contributed by atoms with E-state index in [1.54, 1.807) is 0 Å². The summed E-state index contributed by atoms with van der Waals surface area (Å²) in [5, 5.41) is 0. The molecule has 2 rings (SSSR count). The van der Waals surface area contributed by atoms with Gasteiger partial charge in [0.25, 0.3) is 0 Å². The Bertz CT molecular complexity index is 426. The molecule has 0 atom stereocenters. The Kier molecular flexibility index (Phi) is 2.77. The van der Waals surface area contributed by atoms with Gasteiger partial charge in [-0.1, -0.05) is 6.07 Å². The van der Waals surface area contributed by atoms with Crippen LogP contribution in [0.3, 0.4) is 0 Å². The van der Waals surface area contributed by atoms with Crippen molar-refractivity contribution in [2.45, 2.75) is 19.8 Å². The van der Waals surface area contributed by atoms with Gasteiger partial charge in [-0.15, -0.1) is 0 Å². The summed E-state index contributed by atoms with van der Waals surface area (Å²) in [6, 6.07) is 5.62. The smallest absolute Gasteiger partial charge is 0.234 e. The summed E-state index contributed by atoms with van der Waals surface area (Å²) in [6.07, 6.45) is 0.673. The van der Waals surface area contributed by atoms with Gasteiger partial charge in [0.15, 0.2) is 0 Å². The van der Waals surface area contributed by atoms with E-state index in [-0.39, 0.29) is 11.8 Å². The van der Waals surface area contributed by atoms with Gasteiger partial charge in [-0.2, -0.15) is 0 Å². The average Bonchev–Trinajstić information content (AvgIpc) is 2.52. The van der Waals surface area contributed by atoms with Crippen molar-refractivity contribution in [1.82, 2.24) is 0 Å². The molecule has 0 aliphatic carbocycles. The van der Waals surface area contributed by atoms with Crippen molar-refractivity contribution in [3.05, 3.63) is 27.3 Å². The van der Waals surface area contributed by atoms with Crippen LogP contribution in [-0.2, 0) is 9.59 Å². The number of nitrogens with zero attached hydrogens (tertiary/aromatic N) is 1. The second-order valence-corrected chi connectivity index (χ2v) is 4.72. The third-order valence-electron chi connectivity index (χ3n) is 2.47. The van der Waals surface area contributed by atoms with Crippen LogP contribution in [0.4, 0.5) is 5.69 Å². The van der Waals surface area contributed by atoms with Gasteiger partial charge >= 0.3 is 0 Å². The minimum atomic E-state index is -0.0975. The Morgan fingerprint density at radius 1 is 1.20 bits per heavy atom. The molecule has 0 unspecified atom stereocenters. The molecule has 0 radical (unpaired) electrons. The second-order valence-electron chi connectivity index (χ2n) is 3.56. The molecule has 1 heterocycles. The molecule has 0 spiro atoms. The molecule has 1 aliphatic rings. The lowest BCUT2D eigenvalue weighted by atomic mass is 10.2. The van der Waals surface area contributed by atoms with E-state index in [9.17, 15) is 9.59 Å². The highest BCUT2D eigenvalue weighted by Gasteiger charge is 2.30. The summed E-state index contributed by atoms with van der Waals surface area (Å²) in [5.74, 6) is -0.195. The van der Waals surface area contributed by atoms with Gasteiger partial charge in [-0.05, 0) is 47.2 Å². The average molecular weight is 315 g/mol. The first-order valence-electron chi connectivity index (χ1n) is 4.71. The van der Waals surface area contributed by atoms with Crippen LogP contribution in [0.5, 0.6) is 0 Å². The lowest BCUT2D eigenvalue weighted by Gasteiger charge is -2.14. The summed E-state index contributed by atoms with van der Waals surface area (Å²) in [7, 11) is 0. The Labute approximate surface area is 102 Å². The molecular formula is C11H10INO2. The highest BCUT2D eigenvalue weighted by Crippen LogP contribution is 2.25. The zero-order valence-corrected chi connectivity index (χ0v) is 10.4. The van der Waals surface area contributed by atoms with Crippen LogP contribution < -0.4 is 4.90 Å². The van der Waals surface area contributed by atoms with E-state index in [0.717, 1.165) is 9.13 Å². The van der Waals surface area contributed by atoms with Gasteiger partial charge in [-0.25, -0.2) is 0 Å². The maximum Gasteiger partial charge on any atom is 0.234 e. The van der Waals surface area contributed by atoms with Gasteiger partial charge in [0, 0.05) is 16.4 Å². The van der Waals surface area contributed by atoms with Crippen molar-refractivity contribution in [2.75, 3.05) is 4.90 Å². The number of amides is 2. The van der Waals surface area contributed by atoms with Crippen LogP contribution in [0.15, 0.2) is 18.2 Å². The largest absolute Gasteiger partial charge is 0.274 e. The van der Waals surface area contributed by atoms with Crippen molar-refractivity contribution in [2.24, 2.45) is 0 Å². The Hall–Kier alpha value is -0.910. The van der Waals surface area contributed by atoms with Crippen LogP contribution in [-0.4, -0.2) is 11.8 Å². The van der Waals surface area contributed by atoms with Crippen LogP contribution >= 0.6 is 22.6 Å². The number of anilines is 1. The summed E-state index contributed by atoms with van der Waals surface area (Å²) in [5.41, 5.74) is 1.84. The number of aryl methyl sites for hydroxylation is 1. The first kappa shape index (κ1) is 10.6. The van der Waals surface area contributed by atoms with Crippen molar-refractivity contribution >= 4 is 40.1 Å². The molecule has 0 saturated carbocycles. The minimum Gasteiger partial charge on any atom is -0.274 e. The molecule has 1 aromatic rings. The standard InChI is InChI=1S/C11H10INO2/c1-7-2-3-8(6-9(7)12)13-10(14)4-5-11(13)15/h2-3,6H,4-5H2,1H3. The molecule has 3 nitrogen and oxygen atoms in total. The predicted molar refractivity (Wildman–Crippen MR) is 65.6 cm³/mol. The summed E-state index contributed by atoms with van der Waals surface area (Å²) >= 11 is 2.20. The van der Waals surface area contributed by atoms with E-state index in [4.69, 9.17) is 0 Å². The number of hydrogen-bond donors (Lipinski definition) is 0. The quantitative estimate of drug-likeness (QED) is 0.589. The van der Waals surface area contributed by atoms with Crippen LogP contribution in [0.25, 0.3) is 0 Å². The third kappa shape index (κ3) is 1.90. The lowest BCUT2D eigenvalue weighted by molar-refractivity contribution is -0.121. The molecule has 1 aromatic carbocycles. The van der Waals surface area contributed by atoms with Crippen LogP contribution in [0.1, 0.15) is 18.4 Å². The van der Waals surface area contributed by atoms with Crippen molar-refractivity contribution < 1.29 is 9.59 Å². The maximum absolute atomic E-state index is 11.5. The first-order chi connectivity index (χ1) is 7.09. The fraction of sp³-hybridized carbons (Fsp3) is 0.273. The molecular weight excluding hydrogens is 305 g/mol. The molecule has 1 fully saturated rings. The summed E-state index contributed by atoms with van der Waals surface area (Å²) in [6.45, 7) is 2.00. The van der Waals surface area contributed by atoms with Crippen LogP contribution in [0.2, 0.25) is 0 Å². The molecule has 1 saturated heterocycles. The monoisotopic (exact) mass is 315 g/mol. The van der Waals surface area contributed by atoms with Crippen molar-refractivity contribution in [3.8, 4) is 0 Å². The minimum absolute atomic E-state index is 0.0975. The van der Waals surface area contributed by atoms with Crippen molar-refractivity contribution in [1.29, 1.82) is 0 Å². The fourth-order valence-electron chi connectivity index (χ4n) is 1.59. The first-order valence-corrected chi connectivity index (χ1v) is 5.79. The molecule has 0 N–H and O–H groups in total. The summed E-state index contributed by atoms with van der Waals surface area (Å²) in [4.78, 5) is 24.2. The number of benzene rings is 1. The number of halogens is 1. The zero-order chi connectivity index (χ0) is 11.0. The topological polar surface area (TPSA) is 37.4 Å².